The zero-order valence-corrected chi connectivity index (χ0v) is 10.5. The smallest absolute Gasteiger partial charge is 0.258 e. The third kappa shape index (κ3) is 1.89. The molecule has 0 saturated carbocycles. The van der Waals surface area contributed by atoms with Crippen LogP contribution in [-0.4, -0.2) is 15.9 Å². The molecule has 2 aromatic heterocycles. The molecule has 0 saturated heterocycles. The average Bonchev–Trinajstić information content (AvgIpc) is 2.97. The molecule has 2 heterocycles. The van der Waals surface area contributed by atoms with E-state index in [9.17, 15) is 4.79 Å². The van der Waals surface area contributed by atoms with Crippen LogP contribution in [-0.2, 0) is 0 Å². The van der Waals surface area contributed by atoms with Crippen LogP contribution in [0.5, 0.6) is 0 Å². The van der Waals surface area contributed by atoms with Gasteiger partial charge in [-0.3, -0.25) is 10.1 Å². The number of carbonyl (C=O) groups excluding carboxylic acids is 1. The number of aryl methyl sites for hydroxylation is 1. The van der Waals surface area contributed by atoms with Crippen molar-refractivity contribution < 1.29 is 4.79 Å². The molecule has 5 heteroatoms. The van der Waals surface area contributed by atoms with Crippen molar-refractivity contribution in [3.63, 3.8) is 0 Å². The molecule has 3 rings (SSSR count). The minimum atomic E-state index is -0.130. The molecule has 1 aromatic carbocycles. The van der Waals surface area contributed by atoms with Gasteiger partial charge in [-0.2, -0.15) is 0 Å². The van der Waals surface area contributed by atoms with Gasteiger partial charge in [0.15, 0.2) is 5.13 Å². The highest BCUT2D eigenvalue weighted by atomic mass is 32.1. The first-order chi connectivity index (χ1) is 8.74. The average molecular weight is 257 g/mol. The second-order valence-corrected chi connectivity index (χ2v) is 5.21. The van der Waals surface area contributed by atoms with E-state index in [2.05, 4.69) is 15.3 Å². The summed E-state index contributed by atoms with van der Waals surface area (Å²) in [5, 5.41) is 4.36. The molecule has 4 nitrogen and oxygen atoms in total. The Morgan fingerprint density at radius 1 is 1.39 bits per heavy atom. The normalized spacial score (nSPS) is 10.7. The predicted molar refractivity (Wildman–Crippen MR) is 73.1 cm³/mol. The van der Waals surface area contributed by atoms with E-state index in [0.29, 0.717) is 10.7 Å². The molecule has 0 spiro atoms. The fourth-order valence-electron chi connectivity index (χ4n) is 1.86. The van der Waals surface area contributed by atoms with Crippen LogP contribution in [0.25, 0.3) is 10.9 Å². The first-order valence-electron chi connectivity index (χ1n) is 5.54. The van der Waals surface area contributed by atoms with Gasteiger partial charge < -0.3 is 4.98 Å². The number of aromatic amines is 1. The maximum absolute atomic E-state index is 12.2. The summed E-state index contributed by atoms with van der Waals surface area (Å²) < 4.78 is 0. The highest BCUT2D eigenvalue weighted by Gasteiger charge is 2.11. The number of aromatic nitrogens is 2. The van der Waals surface area contributed by atoms with Crippen LogP contribution in [0.3, 0.4) is 0 Å². The van der Waals surface area contributed by atoms with Crippen molar-refractivity contribution in [2.45, 2.75) is 6.92 Å². The standard InChI is InChI=1S/C13H11N3OS/c1-8-7-15-13(18-8)16-12(17)10-3-2-4-11-9(10)5-6-14-11/h2-7,14H,1H3,(H,15,16,17). The van der Waals surface area contributed by atoms with Crippen molar-refractivity contribution in [2.75, 3.05) is 5.32 Å². The number of nitrogens with zero attached hydrogens (tertiary/aromatic N) is 1. The second-order valence-electron chi connectivity index (χ2n) is 3.97. The first-order valence-corrected chi connectivity index (χ1v) is 6.35. The van der Waals surface area contributed by atoms with Crippen molar-refractivity contribution in [2.24, 2.45) is 0 Å². The molecular weight excluding hydrogens is 246 g/mol. The predicted octanol–water partition coefficient (Wildman–Crippen LogP) is 3.19. The third-order valence-corrected chi connectivity index (χ3v) is 3.51. The summed E-state index contributed by atoms with van der Waals surface area (Å²) in [6.07, 6.45) is 3.58. The number of anilines is 1. The Morgan fingerprint density at radius 2 is 2.28 bits per heavy atom. The Bertz CT molecular complexity index is 714. The van der Waals surface area contributed by atoms with E-state index in [1.165, 1.54) is 11.3 Å². The number of thiazole rings is 1. The molecule has 90 valence electrons. The Kier molecular flexibility index (Phi) is 2.60. The second kappa shape index (κ2) is 4.27. The van der Waals surface area contributed by atoms with E-state index >= 15 is 0 Å². The number of H-pyrrole nitrogens is 1. The summed E-state index contributed by atoms with van der Waals surface area (Å²) in [5.74, 6) is -0.130. The van der Waals surface area contributed by atoms with Crippen LogP contribution in [0.15, 0.2) is 36.7 Å². The van der Waals surface area contributed by atoms with Gasteiger partial charge in [0.1, 0.15) is 0 Å². The molecule has 18 heavy (non-hydrogen) atoms. The monoisotopic (exact) mass is 257 g/mol. The van der Waals surface area contributed by atoms with E-state index in [-0.39, 0.29) is 5.91 Å². The maximum atomic E-state index is 12.2. The lowest BCUT2D eigenvalue weighted by molar-refractivity contribution is 0.102. The number of rotatable bonds is 2. The molecule has 0 aliphatic heterocycles. The number of nitrogens with one attached hydrogen (secondary N) is 2. The number of fused-ring (bicyclic) bond motifs is 1. The molecule has 0 radical (unpaired) electrons. The van der Waals surface area contributed by atoms with Crippen molar-refractivity contribution in [3.05, 3.63) is 47.1 Å². The largest absolute Gasteiger partial charge is 0.361 e. The third-order valence-electron chi connectivity index (χ3n) is 2.68. The number of amides is 1. The van der Waals surface area contributed by atoms with E-state index < -0.39 is 0 Å². The van der Waals surface area contributed by atoms with Crippen LogP contribution >= 0.6 is 11.3 Å². The van der Waals surface area contributed by atoms with Crippen LogP contribution < -0.4 is 5.32 Å². The van der Waals surface area contributed by atoms with Gasteiger partial charge in [-0.15, -0.1) is 11.3 Å². The van der Waals surface area contributed by atoms with E-state index in [1.807, 2.05) is 37.4 Å². The van der Waals surface area contributed by atoms with Gasteiger partial charge in [0.05, 0.1) is 0 Å². The highest BCUT2D eigenvalue weighted by Crippen LogP contribution is 2.21. The molecule has 0 atom stereocenters. The van der Waals surface area contributed by atoms with E-state index in [0.717, 1.165) is 15.8 Å². The fraction of sp³-hybridized carbons (Fsp3) is 0.0769. The quantitative estimate of drug-likeness (QED) is 0.740. The van der Waals surface area contributed by atoms with Gasteiger partial charge in [0.25, 0.3) is 5.91 Å². The van der Waals surface area contributed by atoms with Gasteiger partial charge in [-0.1, -0.05) is 6.07 Å². The molecular formula is C13H11N3OS. The lowest BCUT2D eigenvalue weighted by Crippen LogP contribution is -2.11. The summed E-state index contributed by atoms with van der Waals surface area (Å²) in [4.78, 5) is 20.5. The Hall–Kier alpha value is -2.14. The first kappa shape index (κ1) is 11.0. The fourth-order valence-corrected chi connectivity index (χ4v) is 2.52. The van der Waals surface area contributed by atoms with Gasteiger partial charge in [0.2, 0.25) is 0 Å². The van der Waals surface area contributed by atoms with Crippen molar-refractivity contribution in [1.82, 2.24) is 9.97 Å². The van der Waals surface area contributed by atoms with Crippen LogP contribution in [0.1, 0.15) is 15.2 Å². The van der Waals surface area contributed by atoms with Gasteiger partial charge in [-0.05, 0) is 25.1 Å². The Labute approximate surface area is 108 Å². The maximum Gasteiger partial charge on any atom is 0.258 e. The summed E-state index contributed by atoms with van der Waals surface area (Å²) in [7, 11) is 0. The molecule has 0 aliphatic carbocycles. The minimum Gasteiger partial charge on any atom is -0.361 e. The molecule has 0 bridgehead atoms. The Morgan fingerprint density at radius 3 is 3.06 bits per heavy atom. The summed E-state index contributed by atoms with van der Waals surface area (Å²) in [6.45, 7) is 1.96. The molecule has 1 amide bonds. The topological polar surface area (TPSA) is 57.8 Å². The van der Waals surface area contributed by atoms with Gasteiger partial charge in [-0.25, -0.2) is 4.98 Å². The van der Waals surface area contributed by atoms with Crippen LogP contribution in [0, 0.1) is 6.92 Å². The Balaban J connectivity index is 1.94. The van der Waals surface area contributed by atoms with E-state index in [4.69, 9.17) is 0 Å². The van der Waals surface area contributed by atoms with Crippen molar-refractivity contribution in [1.29, 1.82) is 0 Å². The molecule has 0 unspecified atom stereocenters. The van der Waals surface area contributed by atoms with E-state index in [1.54, 1.807) is 6.20 Å². The lowest BCUT2D eigenvalue weighted by atomic mass is 10.1. The van der Waals surface area contributed by atoms with Crippen molar-refractivity contribution >= 4 is 33.3 Å². The summed E-state index contributed by atoms with van der Waals surface area (Å²) in [6, 6.07) is 7.52. The summed E-state index contributed by atoms with van der Waals surface area (Å²) in [5.41, 5.74) is 1.61. The molecule has 0 aliphatic rings. The lowest BCUT2D eigenvalue weighted by Gasteiger charge is -2.03. The number of hydrogen-bond donors (Lipinski definition) is 2. The highest BCUT2D eigenvalue weighted by molar-refractivity contribution is 7.15. The van der Waals surface area contributed by atoms with Crippen molar-refractivity contribution in [3.8, 4) is 0 Å². The van der Waals surface area contributed by atoms with Gasteiger partial charge in [0, 0.05) is 33.7 Å². The summed E-state index contributed by atoms with van der Waals surface area (Å²) >= 11 is 1.47. The number of hydrogen-bond acceptors (Lipinski definition) is 3. The zero-order chi connectivity index (χ0) is 12.5. The zero-order valence-electron chi connectivity index (χ0n) is 9.73. The SMILES string of the molecule is Cc1cnc(NC(=O)c2cccc3[nH]ccc23)s1. The van der Waals surface area contributed by atoms with Crippen LogP contribution in [0.4, 0.5) is 5.13 Å². The van der Waals surface area contributed by atoms with Gasteiger partial charge >= 0.3 is 0 Å². The van der Waals surface area contributed by atoms with Crippen LogP contribution in [0.2, 0.25) is 0 Å². The molecule has 3 aromatic rings. The number of carbonyl (C=O) groups is 1. The number of benzene rings is 1. The molecule has 2 N–H and O–H groups in total. The minimum absolute atomic E-state index is 0.130. The molecule has 0 fully saturated rings.